The third-order valence-corrected chi connectivity index (χ3v) is 4.37. The van der Waals surface area contributed by atoms with Gasteiger partial charge in [0.05, 0.1) is 23.2 Å². The minimum atomic E-state index is -0.0290. The van der Waals surface area contributed by atoms with Gasteiger partial charge in [0.2, 0.25) is 5.91 Å². The first-order valence-electron chi connectivity index (χ1n) is 6.54. The number of amides is 1. The summed E-state index contributed by atoms with van der Waals surface area (Å²) >= 11 is 1.62. The minimum Gasteiger partial charge on any atom is -0.398 e. The molecule has 106 valence electrons. The number of aromatic nitrogens is 1. The van der Waals surface area contributed by atoms with Gasteiger partial charge in [0.15, 0.2) is 0 Å². The van der Waals surface area contributed by atoms with Crippen LogP contribution in [-0.2, 0) is 11.2 Å². The van der Waals surface area contributed by atoms with Crippen LogP contribution in [0.5, 0.6) is 0 Å². The molecule has 2 aromatic rings. The van der Waals surface area contributed by atoms with Crippen LogP contribution in [0.4, 0.5) is 5.69 Å². The number of nitrogens with one attached hydrogen (secondary N) is 1. The number of hydrogen-bond acceptors (Lipinski definition) is 4. The van der Waals surface area contributed by atoms with Crippen molar-refractivity contribution in [3.63, 3.8) is 0 Å². The number of anilines is 1. The summed E-state index contributed by atoms with van der Waals surface area (Å²) in [4.78, 5) is 17.6. The van der Waals surface area contributed by atoms with Gasteiger partial charge in [0.1, 0.15) is 0 Å². The van der Waals surface area contributed by atoms with E-state index < -0.39 is 0 Å². The number of thiazole rings is 1. The summed E-state index contributed by atoms with van der Waals surface area (Å²) in [6, 6.07) is 7.41. The Bertz CT molecular complexity index is 621. The molecule has 5 heteroatoms. The van der Waals surface area contributed by atoms with E-state index in [-0.39, 0.29) is 11.9 Å². The van der Waals surface area contributed by atoms with Crippen LogP contribution in [0.3, 0.4) is 0 Å². The van der Waals surface area contributed by atoms with Crippen molar-refractivity contribution in [2.45, 2.75) is 33.2 Å². The normalized spacial score (nSPS) is 12.2. The zero-order chi connectivity index (χ0) is 14.7. The van der Waals surface area contributed by atoms with Crippen molar-refractivity contribution in [3.8, 4) is 0 Å². The minimum absolute atomic E-state index is 0.0270. The fraction of sp³-hybridized carbons (Fsp3) is 0.333. The molecule has 0 bridgehead atoms. The van der Waals surface area contributed by atoms with E-state index in [0.717, 1.165) is 21.1 Å². The second-order valence-electron chi connectivity index (χ2n) is 4.85. The number of hydrogen-bond donors (Lipinski definition) is 2. The molecule has 1 atom stereocenters. The summed E-state index contributed by atoms with van der Waals surface area (Å²) in [7, 11) is 0. The third kappa shape index (κ3) is 3.36. The summed E-state index contributed by atoms with van der Waals surface area (Å²) in [5.74, 6) is -0.0270. The van der Waals surface area contributed by atoms with E-state index in [9.17, 15) is 4.79 Å². The molecule has 0 spiro atoms. The molecule has 0 saturated carbocycles. The third-order valence-electron chi connectivity index (χ3n) is 3.12. The van der Waals surface area contributed by atoms with Gasteiger partial charge in [-0.05, 0) is 32.4 Å². The average molecular weight is 289 g/mol. The molecule has 0 aliphatic rings. The monoisotopic (exact) mass is 289 g/mol. The zero-order valence-electron chi connectivity index (χ0n) is 11.9. The average Bonchev–Trinajstić information content (AvgIpc) is 2.71. The number of benzene rings is 1. The highest BCUT2D eigenvalue weighted by Gasteiger charge is 2.15. The van der Waals surface area contributed by atoms with Gasteiger partial charge in [-0.1, -0.05) is 18.2 Å². The summed E-state index contributed by atoms with van der Waals surface area (Å²) in [5, 5.41) is 4.02. The summed E-state index contributed by atoms with van der Waals surface area (Å²) in [6.07, 6.45) is 0.299. The second kappa shape index (κ2) is 6.05. The molecule has 1 unspecified atom stereocenters. The lowest BCUT2D eigenvalue weighted by molar-refractivity contribution is -0.121. The molecule has 1 amide bonds. The highest BCUT2D eigenvalue weighted by molar-refractivity contribution is 7.11. The molecule has 0 saturated heterocycles. The molecule has 0 aliphatic heterocycles. The predicted octanol–water partition coefficient (Wildman–Crippen LogP) is 2.76. The molecule has 1 aromatic carbocycles. The van der Waals surface area contributed by atoms with Crippen molar-refractivity contribution in [1.82, 2.24) is 10.3 Å². The van der Waals surface area contributed by atoms with Gasteiger partial charge in [-0.25, -0.2) is 4.98 Å². The van der Waals surface area contributed by atoms with Crippen molar-refractivity contribution >= 4 is 22.9 Å². The van der Waals surface area contributed by atoms with Gasteiger partial charge in [-0.2, -0.15) is 0 Å². The topological polar surface area (TPSA) is 68.0 Å². The molecule has 20 heavy (non-hydrogen) atoms. The fourth-order valence-electron chi connectivity index (χ4n) is 2.18. The Morgan fingerprint density at radius 1 is 1.40 bits per heavy atom. The molecule has 4 nitrogen and oxygen atoms in total. The fourth-order valence-corrected chi connectivity index (χ4v) is 3.10. The van der Waals surface area contributed by atoms with Gasteiger partial charge < -0.3 is 11.1 Å². The number of carbonyl (C=O) groups is 1. The van der Waals surface area contributed by atoms with Crippen molar-refractivity contribution in [1.29, 1.82) is 0 Å². The van der Waals surface area contributed by atoms with E-state index in [1.165, 1.54) is 0 Å². The highest BCUT2D eigenvalue weighted by atomic mass is 32.1. The number of carbonyl (C=O) groups excluding carboxylic acids is 1. The van der Waals surface area contributed by atoms with Gasteiger partial charge in [-0.3, -0.25) is 4.79 Å². The van der Waals surface area contributed by atoms with Crippen molar-refractivity contribution < 1.29 is 4.79 Å². The van der Waals surface area contributed by atoms with Crippen molar-refractivity contribution in [2.24, 2.45) is 0 Å². The molecular weight excluding hydrogens is 270 g/mol. The Hall–Kier alpha value is -1.88. The van der Waals surface area contributed by atoms with Crippen molar-refractivity contribution in [3.05, 3.63) is 45.4 Å². The SMILES string of the molecule is Cc1nc(C)c(C(C)NC(=O)Cc2ccccc2N)s1. The number of nitrogens with zero attached hydrogens (tertiary/aromatic N) is 1. The van der Waals surface area contributed by atoms with Crippen LogP contribution in [0.2, 0.25) is 0 Å². The van der Waals surface area contributed by atoms with E-state index in [1.54, 1.807) is 11.3 Å². The van der Waals surface area contributed by atoms with Crippen LogP contribution in [0.1, 0.15) is 34.1 Å². The molecule has 1 heterocycles. The Morgan fingerprint density at radius 3 is 2.70 bits per heavy atom. The Kier molecular flexibility index (Phi) is 4.39. The molecular formula is C15H19N3OS. The maximum Gasteiger partial charge on any atom is 0.224 e. The van der Waals surface area contributed by atoms with E-state index >= 15 is 0 Å². The standard InChI is InChI=1S/C15H19N3OS/c1-9-15(20-11(3)17-9)10(2)18-14(19)8-12-6-4-5-7-13(12)16/h4-7,10H,8,16H2,1-3H3,(H,18,19). The van der Waals surface area contributed by atoms with Crippen LogP contribution in [0.15, 0.2) is 24.3 Å². The zero-order valence-corrected chi connectivity index (χ0v) is 12.8. The second-order valence-corrected chi connectivity index (χ2v) is 6.08. The van der Waals surface area contributed by atoms with E-state index in [2.05, 4.69) is 10.3 Å². The predicted molar refractivity (Wildman–Crippen MR) is 82.7 cm³/mol. The number of para-hydroxylation sites is 1. The molecule has 0 aliphatic carbocycles. The van der Waals surface area contributed by atoms with Crippen LogP contribution in [0.25, 0.3) is 0 Å². The lowest BCUT2D eigenvalue weighted by atomic mass is 10.1. The Labute approximate surface area is 123 Å². The summed E-state index contributed by atoms with van der Waals surface area (Å²) in [6.45, 7) is 5.92. The van der Waals surface area contributed by atoms with Crippen LogP contribution in [0, 0.1) is 13.8 Å². The quantitative estimate of drug-likeness (QED) is 0.850. The Balaban J connectivity index is 2.01. The lowest BCUT2D eigenvalue weighted by Gasteiger charge is -2.13. The van der Waals surface area contributed by atoms with E-state index in [1.807, 2.05) is 45.0 Å². The van der Waals surface area contributed by atoms with Gasteiger partial charge in [-0.15, -0.1) is 11.3 Å². The lowest BCUT2D eigenvalue weighted by Crippen LogP contribution is -2.28. The first-order valence-corrected chi connectivity index (χ1v) is 7.35. The molecule has 0 fully saturated rings. The maximum absolute atomic E-state index is 12.1. The first-order chi connectivity index (χ1) is 9.47. The number of nitrogen functional groups attached to an aromatic ring is 1. The molecule has 2 rings (SSSR count). The maximum atomic E-state index is 12.1. The van der Waals surface area contributed by atoms with Gasteiger partial charge in [0, 0.05) is 10.6 Å². The summed E-state index contributed by atoms with van der Waals surface area (Å²) in [5.41, 5.74) is 8.34. The van der Waals surface area contributed by atoms with Crippen LogP contribution < -0.4 is 11.1 Å². The van der Waals surface area contributed by atoms with E-state index in [4.69, 9.17) is 5.73 Å². The molecule has 1 aromatic heterocycles. The van der Waals surface area contributed by atoms with E-state index in [0.29, 0.717) is 12.1 Å². The number of aryl methyl sites for hydroxylation is 2. The summed E-state index contributed by atoms with van der Waals surface area (Å²) < 4.78 is 0. The molecule has 0 radical (unpaired) electrons. The van der Waals surface area contributed by atoms with Crippen LogP contribution >= 0.6 is 11.3 Å². The van der Waals surface area contributed by atoms with Gasteiger partial charge >= 0.3 is 0 Å². The first kappa shape index (κ1) is 14.5. The highest BCUT2D eigenvalue weighted by Crippen LogP contribution is 2.24. The van der Waals surface area contributed by atoms with Gasteiger partial charge in [0.25, 0.3) is 0 Å². The largest absolute Gasteiger partial charge is 0.398 e. The number of nitrogens with two attached hydrogens (primary N) is 1. The van der Waals surface area contributed by atoms with Crippen LogP contribution in [-0.4, -0.2) is 10.9 Å². The number of rotatable bonds is 4. The Morgan fingerprint density at radius 2 is 2.10 bits per heavy atom. The smallest absolute Gasteiger partial charge is 0.224 e. The van der Waals surface area contributed by atoms with Crippen molar-refractivity contribution in [2.75, 3.05) is 5.73 Å². The molecule has 3 N–H and O–H groups in total.